The molecule has 1 heterocycles. The van der Waals surface area contributed by atoms with Gasteiger partial charge in [-0.15, -0.1) is 0 Å². The van der Waals surface area contributed by atoms with Gasteiger partial charge in [-0.2, -0.15) is 5.10 Å². The summed E-state index contributed by atoms with van der Waals surface area (Å²) >= 11 is 1.59. The summed E-state index contributed by atoms with van der Waals surface area (Å²) in [6.07, 6.45) is 0.870. The van der Waals surface area contributed by atoms with Gasteiger partial charge in [0.1, 0.15) is 0 Å². The van der Waals surface area contributed by atoms with Crippen LogP contribution in [-0.2, 0) is 7.05 Å². The van der Waals surface area contributed by atoms with Crippen LogP contribution in [0.5, 0.6) is 0 Å². The van der Waals surface area contributed by atoms with Crippen LogP contribution in [0.2, 0.25) is 0 Å². The second kappa shape index (κ2) is 5.53. The Morgan fingerprint density at radius 1 is 1.67 bits per heavy atom. The van der Waals surface area contributed by atoms with Gasteiger partial charge in [-0.3, -0.25) is 4.68 Å². The first kappa shape index (κ1) is 12.5. The summed E-state index contributed by atoms with van der Waals surface area (Å²) < 4.78 is 1.82. The van der Waals surface area contributed by atoms with E-state index in [1.165, 1.54) is 0 Å². The first-order valence-corrected chi connectivity index (χ1v) is 6.00. The zero-order valence-corrected chi connectivity index (χ0v) is 10.3. The highest BCUT2D eigenvalue weighted by atomic mass is 32.2. The Hall–Kier alpha value is -0.520. The molecule has 1 aromatic heterocycles. The second-order valence-electron chi connectivity index (χ2n) is 3.66. The summed E-state index contributed by atoms with van der Waals surface area (Å²) in [6.45, 7) is 4.09. The Labute approximate surface area is 94.9 Å². The average molecular weight is 229 g/mol. The molecule has 0 aliphatic carbocycles. The fraction of sp³-hybridized carbons (Fsp3) is 0.700. The van der Waals surface area contributed by atoms with Gasteiger partial charge in [0.2, 0.25) is 0 Å². The molecule has 0 bridgehead atoms. The fourth-order valence-electron chi connectivity index (χ4n) is 1.38. The molecule has 1 aromatic rings. The predicted octanol–water partition coefficient (Wildman–Crippen LogP) is 0.919. The number of aromatic nitrogens is 2. The molecule has 3 N–H and O–H groups in total. The van der Waals surface area contributed by atoms with Crippen LogP contribution < -0.4 is 5.73 Å². The van der Waals surface area contributed by atoms with E-state index in [4.69, 9.17) is 5.73 Å². The van der Waals surface area contributed by atoms with Gasteiger partial charge in [0.05, 0.1) is 17.3 Å². The van der Waals surface area contributed by atoms with Crippen molar-refractivity contribution in [3.63, 3.8) is 0 Å². The Kier molecular flexibility index (Phi) is 4.63. The Morgan fingerprint density at radius 2 is 2.33 bits per heavy atom. The molecule has 2 unspecified atom stereocenters. The molecule has 0 aromatic carbocycles. The van der Waals surface area contributed by atoms with E-state index in [1.54, 1.807) is 11.8 Å². The summed E-state index contributed by atoms with van der Waals surface area (Å²) in [4.78, 5) is 0. The van der Waals surface area contributed by atoms with Crippen molar-refractivity contribution in [3.8, 4) is 0 Å². The van der Waals surface area contributed by atoms with Crippen LogP contribution in [0.3, 0.4) is 0 Å². The third-order valence-electron chi connectivity index (χ3n) is 2.36. The molecule has 0 saturated carbocycles. The van der Waals surface area contributed by atoms with Crippen LogP contribution in [0.25, 0.3) is 0 Å². The molecule has 86 valence electrons. The summed E-state index contributed by atoms with van der Waals surface area (Å²) in [7, 11) is 1.90. The molecule has 5 heteroatoms. The van der Waals surface area contributed by atoms with E-state index in [0.29, 0.717) is 0 Å². The lowest BCUT2D eigenvalue weighted by Crippen LogP contribution is -2.34. The minimum absolute atomic E-state index is 0.0233. The maximum atomic E-state index is 9.26. The Bertz CT molecular complexity index is 314. The van der Waals surface area contributed by atoms with Gasteiger partial charge in [-0.05, 0) is 19.4 Å². The third kappa shape index (κ3) is 3.22. The van der Waals surface area contributed by atoms with Crippen molar-refractivity contribution >= 4 is 11.8 Å². The van der Waals surface area contributed by atoms with Crippen LogP contribution in [0.1, 0.15) is 19.0 Å². The van der Waals surface area contributed by atoms with Gasteiger partial charge in [-0.25, -0.2) is 0 Å². The molecule has 0 saturated heterocycles. The van der Waals surface area contributed by atoms with Gasteiger partial charge in [0.25, 0.3) is 0 Å². The second-order valence-corrected chi connectivity index (χ2v) is 4.92. The van der Waals surface area contributed by atoms with Crippen molar-refractivity contribution in [3.05, 3.63) is 11.8 Å². The molecule has 4 nitrogen and oxygen atoms in total. The van der Waals surface area contributed by atoms with Crippen LogP contribution in [0, 0.1) is 6.92 Å². The van der Waals surface area contributed by atoms with Crippen LogP contribution in [0.4, 0.5) is 0 Å². The minimum Gasteiger partial charge on any atom is -0.395 e. The first-order chi connectivity index (χ1) is 7.08. The van der Waals surface area contributed by atoms with E-state index in [1.807, 2.05) is 31.6 Å². The zero-order chi connectivity index (χ0) is 11.4. The molecule has 0 fully saturated rings. The monoisotopic (exact) mass is 229 g/mol. The quantitative estimate of drug-likeness (QED) is 0.737. The van der Waals surface area contributed by atoms with E-state index in [-0.39, 0.29) is 17.9 Å². The number of nitrogens with two attached hydrogens (primary N) is 1. The molecular formula is C10H19N3OS. The third-order valence-corrected chi connectivity index (χ3v) is 3.79. The van der Waals surface area contributed by atoms with Gasteiger partial charge in [-0.1, -0.05) is 18.7 Å². The summed E-state index contributed by atoms with van der Waals surface area (Å²) in [5, 5.41) is 14.6. The SMILES string of the molecule is CCC(N)C(CO)Sc1cc(C)nn1C. The molecule has 15 heavy (non-hydrogen) atoms. The number of hydrogen-bond donors (Lipinski definition) is 2. The van der Waals surface area contributed by atoms with Crippen LogP contribution in [-0.4, -0.2) is 32.8 Å². The molecule has 2 atom stereocenters. The maximum Gasteiger partial charge on any atom is 0.0943 e. The number of aliphatic hydroxyl groups excluding tert-OH is 1. The smallest absolute Gasteiger partial charge is 0.0943 e. The average Bonchev–Trinajstić information content (AvgIpc) is 2.52. The van der Waals surface area contributed by atoms with Crippen LogP contribution in [0.15, 0.2) is 11.1 Å². The number of rotatable bonds is 5. The number of aryl methyl sites for hydroxylation is 2. The molecule has 1 rings (SSSR count). The molecule has 0 aliphatic rings. The summed E-state index contributed by atoms with van der Waals surface area (Å²) in [6, 6.07) is 2.03. The first-order valence-electron chi connectivity index (χ1n) is 5.12. The summed E-state index contributed by atoms with van der Waals surface area (Å²) in [5.41, 5.74) is 6.91. The van der Waals surface area contributed by atoms with E-state index in [9.17, 15) is 5.11 Å². The lowest BCUT2D eigenvalue weighted by molar-refractivity contribution is 0.281. The molecule has 0 aliphatic heterocycles. The number of thioether (sulfide) groups is 1. The normalized spacial score (nSPS) is 15.3. The number of hydrogen-bond acceptors (Lipinski definition) is 4. The molecular weight excluding hydrogens is 210 g/mol. The lowest BCUT2D eigenvalue weighted by Gasteiger charge is -2.19. The standard InChI is InChI=1S/C10H19N3OS/c1-4-8(11)9(6-14)15-10-5-7(2)12-13(10)3/h5,8-9,14H,4,6,11H2,1-3H3. The highest BCUT2D eigenvalue weighted by Crippen LogP contribution is 2.25. The van der Waals surface area contributed by atoms with Crippen molar-refractivity contribution in [2.24, 2.45) is 12.8 Å². The van der Waals surface area contributed by atoms with Crippen molar-refractivity contribution in [2.45, 2.75) is 36.6 Å². The van der Waals surface area contributed by atoms with E-state index in [2.05, 4.69) is 5.10 Å². The molecule has 0 spiro atoms. The zero-order valence-electron chi connectivity index (χ0n) is 9.47. The van der Waals surface area contributed by atoms with Gasteiger partial charge in [0.15, 0.2) is 0 Å². The number of aliphatic hydroxyl groups is 1. The Balaban J connectivity index is 2.70. The maximum absolute atomic E-state index is 9.26. The Morgan fingerprint density at radius 3 is 2.73 bits per heavy atom. The summed E-state index contributed by atoms with van der Waals surface area (Å²) in [5.74, 6) is 0. The van der Waals surface area contributed by atoms with Crippen molar-refractivity contribution in [1.29, 1.82) is 0 Å². The molecule has 0 radical (unpaired) electrons. The largest absolute Gasteiger partial charge is 0.395 e. The lowest BCUT2D eigenvalue weighted by atomic mass is 10.2. The topological polar surface area (TPSA) is 64.1 Å². The van der Waals surface area contributed by atoms with Gasteiger partial charge >= 0.3 is 0 Å². The van der Waals surface area contributed by atoms with Crippen molar-refractivity contribution < 1.29 is 5.11 Å². The van der Waals surface area contributed by atoms with Crippen molar-refractivity contribution in [1.82, 2.24) is 9.78 Å². The molecule has 0 amide bonds. The van der Waals surface area contributed by atoms with Gasteiger partial charge < -0.3 is 10.8 Å². The van der Waals surface area contributed by atoms with E-state index < -0.39 is 0 Å². The van der Waals surface area contributed by atoms with Crippen molar-refractivity contribution in [2.75, 3.05) is 6.61 Å². The fourth-order valence-corrected chi connectivity index (χ4v) is 2.56. The predicted molar refractivity (Wildman–Crippen MR) is 62.9 cm³/mol. The minimum atomic E-state index is 0.0233. The van der Waals surface area contributed by atoms with E-state index in [0.717, 1.165) is 17.1 Å². The highest BCUT2D eigenvalue weighted by Gasteiger charge is 2.18. The highest BCUT2D eigenvalue weighted by molar-refractivity contribution is 8.00. The van der Waals surface area contributed by atoms with Crippen LogP contribution >= 0.6 is 11.8 Å². The van der Waals surface area contributed by atoms with Gasteiger partial charge in [0, 0.05) is 18.3 Å². The number of nitrogens with zero attached hydrogens (tertiary/aromatic N) is 2. The van der Waals surface area contributed by atoms with E-state index >= 15 is 0 Å².